The van der Waals surface area contributed by atoms with Gasteiger partial charge in [0.05, 0.1) is 6.10 Å². The third kappa shape index (κ3) is 1.57. The fraction of sp³-hybridized carbons (Fsp3) is 0.429. The van der Waals surface area contributed by atoms with Crippen molar-refractivity contribution < 1.29 is 4.43 Å². The second-order valence-electron chi connectivity index (χ2n) is 4.78. The van der Waals surface area contributed by atoms with Gasteiger partial charge in [-0.1, -0.05) is 24.3 Å². The van der Waals surface area contributed by atoms with Crippen LogP contribution in [-0.4, -0.2) is 16.6 Å². The molecule has 0 N–H and O–H groups in total. The number of hydrogen-bond donors (Lipinski definition) is 0. The molecule has 0 aromatic rings. The smallest absolute Gasteiger partial charge is 0.147 e. The molecule has 0 bridgehead atoms. The van der Waals surface area contributed by atoms with Gasteiger partial charge in [-0.05, 0) is 48.5 Å². The topological polar surface area (TPSA) is 9.23 Å². The highest BCUT2D eigenvalue weighted by atomic mass is 28.2. The van der Waals surface area contributed by atoms with E-state index in [4.69, 9.17) is 4.43 Å². The highest BCUT2D eigenvalue weighted by Gasteiger charge is 2.30. The van der Waals surface area contributed by atoms with Crippen molar-refractivity contribution in [2.24, 2.45) is 5.92 Å². The maximum atomic E-state index is 5.73. The molecule has 0 saturated heterocycles. The first-order valence-corrected chi connectivity index (χ1v) is 7.03. The number of allylic oxidation sites excluding steroid dienone is 6. The molecule has 3 aliphatic carbocycles. The predicted molar refractivity (Wildman–Crippen MR) is 70.2 cm³/mol. The van der Waals surface area contributed by atoms with E-state index in [-0.39, 0.29) is 0 Å². The molecule has 1 unspecified atom stereocenters. The average molecular weight is 230 g/mol. The summed E-state index contributed by atoms with van der Waals surface area (Å²) in [5.74, 6) is 0.518. The zero-order valence-electron chi connectivity index (χ0n) is 9.78. The summed E-state index contributed by atoms with van der Waals surface area (Å²) in [5, 5.41) is 0. The Bertz CT molecular complexity index is 402. The normalized spacial score (nSPS) is 29.0. The monoisotopic (exact) mass is 230 g/mol. The van der Waals surface area contributed by atoms with Gasteiger partial charge in [0.1, 0.15) is 10.5 Å². The third-order valence-electron chi connectivity index (χ3n) is 3.89. The van der Waals surface area contributed by atoms with Gasteiger partial charge in [-0.25, -0.2) is 0 Å². The van der Waals surface area contributed by atoms with Crippen LogP contribution in [0.3, 0.4) is 0 Å². The van der Waals surface area contributed by atoms with Crippen molar-refractivity contribution in [2.45, 2.75) is 31.8 Å². The van der Waals surface area contributed by atoms with Crippen LogP contribution >= 0.6 is 0 Å². The van der Waals surface area contributed by atoms with E-state index in [0.29, 0.717) is 12.0 Å². The Morgan fingerprint density at radius 1 is 1.12 bits per heavy atom. The van der Waals surface area contributed by atoms with E-state index >= 15 is 0 Å². The fourth-order valence-electron chi connectivity index (χ4n) is 3.10. The Labute approximate surface area is 100 Å². The van der Waals surface area contributed by atoms with E-state index < -0.39 is 0 Å². The fourth-order valence-corrected chi connectivity index (χ4v) is 3.52. The van der Waals surface area contributed by atoms with Gasteiger partial charge < -0.3 is 4.43 Å². The second-order valence-corrected chi connectivity index (χ2v) is 5.26. The van der Waals surface area contributed by atoms with Gasteiger partial charge in [-0.15, -0.1) is 0 Å². The van der Waals surface area contributed by atoms with Crippen LogP contribution in [0.25, 0.3) is 0 Å². The summed E-state index contributed by atoms with van der Waals surface area (Å²) in [6.45, 7) is 0. The minimum atomic E-state index is 0.319. The van der Waals surface area contributed by atoms with Crippen LogP contribution in [0.15, 0.2) is 47.1 Å². The van der Waals surface area contributed by atoms with Gasteiger partial charge in [-0.2, -0.15) is 0 Å². The minimum Gasteiger partial charge on any atom is -0.418 e. The Balaban J connectivity index is 1.95. The molecule has 0 fully saturated rings. The van der Waals surface area contributed by atoms with Gasteiger partial charge >= 0.3 is 0 Å². The lowest BCUT2D eigenvalue weighted by Gasteiger charge is -2.20. The molecule has 2 heteroatoms. The quantitative estimate of drug-likeness (QED) is 0.661. The molecule has 0 aromatic carbocycles. The molecule has 1 nitrogen and oxygen atoms in total. The summed E-state index contributed by atoms with van der Waals surface area (Å²) in [6.07, 6.45) is 16.8. The van der Waals surface area contributed by atoms with Crippen LogP contribution in [-0.2, 0) is 4.43 Å². The molecule has 3 aliphatic rings. The van der Waals surface area contributed by atoms with Crippen LogP contribution in [0.1, 0.15) is 25.7 Å². The molecule has 16 heavy (non-hydrogen) atoms. The number of hydrogen-bond acceptors (Lipinski definition) is 1. The van der Waals surface area contributed by atoms with E-state index in [2.05, 4.69) is 30.4 Å². The van der Waals surface area contributed by atoms with Crippen molar-refractivity contribution in [1.29, 1.82) is 0 Å². The zero-order valence-corrected chi connectivity index (χ0v) is 11.8. The van der Waals surface area contributed by atoms with Crippen molar-refractivity contribution in [3.05, 3.63) is 47.1 Å². The maximum absolute atomic E-state index is 5.73. The van der Waals surface area contributed by atoms with Crippen molar-refractivity contribution in [3.63, 3.8) is 0 Å². The lowest BCUT2D eigenvalue weighted by molar-refractivity contribution is 0.306. The Morgan fingerprint density at radius 3 is 2.62 bits per heavy atom. The van der Waals surface area contributed by atoms with Crippen molar-refractivity contribution in [2.75, 3.05) is 0 Å². The van der Waals surface area contributed by atoms with Crippen molar-refractivity contribution in [3.8, 4) is 0 Å². The van der Waals surface area contributed by atoms with Crippen molar-refractivity contribution >= 4 is 10.5 Å². The summed E-state index contributed by atoms with van der Waals surface area (Å²) in [5.41, 5.74) is 4.74. The first-order chi connectivity index (χ1) is 7.90. The van der Waals surface area contributed by atoms with Gasteiger partial charge in [0.15, 0.2) is 0 Å². The largest absolute Gasteiger partial charge is 0.418 e. The van der Waals surface area contributed by atoms with Crippen LogP contribution in [0.2, 0.25) is 0 Å². The van der Waals surface area contributed by atoms with Crippen LogP contribution in [0.4, 0.5) is 0 Å². The Morgan fingerprint density at radius 2 is 1.88 bits per heavy atom. The molecule has 3 rings (SSSR count). The maximum Gasteiger partial charge on any atom is 0.147 e. The lowest BCUT2D eigenvalue weighted by Crippen LogP contribution is -2.11. The van der Waals surface area contributed by atoms with E-state index in [1.54, 1.807) is 11.1 Å². The summed E-state index contributed by atoms with van der Waals surface area (Å²) >= 11 is 0. The SMILES string of the molecule is [SiH3]OC1C=C(C2C=CC=C2)C2=C1CCCC2. The van der Waals surface area contributed by atoms with Crippen LogP contribution in [0, 0.1) is 5.92 Å². The summed E-state index contributed by atoms with van der Waals surface area (Å²) in [4.78, 5) is 0. The first-order valence-electron chi connectivity index (χ1n) is 6.22. The molecule has 84 valence electrons. The molecular weight excluding hydrogens is 212 g/mol. The molecule has 0 heterocycles. The number of rotatable bonds is 2. The van der Waals surface area contributed by atoms with Gasteiger partial charge in [0.2, 0.25) is 0 Å². The molecule has 0 aromatic heterocycles. The first kappa shape index (κ1) is 10.3. The van der Waals surface area contributed by atoms with E-state index in [1.165, 1.54) is 31.3 Å². The van der Waals surface area contributed by atoms with Gasteiger partial charge in [0, 0.05) is 5.92 Å². The standard InChI is InChI=1S/C14H18OSi/c16-15-14-9-13(10-5-1-2-6-10)11-7-3-4-8-12(11)14/h1-2,5-6,9-10,14H,3-4,7-8H2,16H3. The summed E-state index contributed by atoms with van der Waals surface area (Å²) in [6, 6.07) is 0. The molecule has 0 radical (unpaired) electrons. The highest BCUT2D eigenvalue weighted by Crippen LogP contribution is 2.42. The minimum absolute atomic E-state index is 0.319. The van der Waals surface area contributed by atoms with Crippen LogP contribution in [0.5, 0.6) is 0 Å². The molecule has 0 saturated carbocycles. The van der Waals surface area contributed by atoms with E-state index in [9.17, 15) is 0 Å². The Hall–Kier alpha value is -0.863. The third-order valence-corrected chi connectivity index (χ3v) is 4.40. The molecule has 0 spiro atoms. The predicted octanol–water partition coefficient (Wildman–Crippen LogP) is 2.20. The molecule has 0 aliphatic heterocycles. The van der Waals surface area contributed by atoms with Crippen molar-refractivity contribution in [1.82, 2.24) is 0 Å². The highest BCUT2D eigenvalue weighted by molar-refractivity contribution is 5.98. The summed E-state index contributed by atoms with van der Waals surface area (Å²) < 4.78 is 5.73. The zero-order chi connectivity index (χ0) is 11.0. The van der Waals surface area contributed by atoms with Gasteiger partial charge in [0.25, 0.3) is 0 Å². The Kier molecular flexibility index (Phi) is 2.70. The second kappa shape index (κ2) is 4.19. The molecule has 0 amide bonds. The van der Waals surface area contributed by atoms with E-state index in [0.717, 1.165) is 10.5 Å². The van der Waals surface area contributed by atoms with E-state index in [1.807, 2.05) is 0 Å². The summed E-state index contributed by atoms with van der Waals surface area (Å²) in [7, 11) is 0.833. The lowest BCUT2D eigenvalue weighted by atomic mass is 9.86. The molecular formula is C14H18OSi. The molecule has 1 atom stereocenters. The average Bonchev–Trinajstić information content (AvgIpc) is 2.95. The van der Waals surface area contributed by atoms with Gasteiger partial charge in [-0.3, -0.25) is 0 Å². The van der Waals surface area contributed by atoms with Crippen LogP contribution < -0.4 is 0 Å².